The molecule has 0 aromatic heterocycles. The third-order valence-electron chi connectivity index (χ3n) is 8.59. The van der Waals surface area contributed by atoms with Gasteiger partial charge >= 0.3 is 0 Å². The summed E-state index contributed by atoms with van der Waals surface area (Å²) in [5.41, 5.74) is 1.97. The Balaban J connectivity index is 0.00000190. The van der Waals surface area contributed by atoms with Crippen molar-refractivity contribution in [3.8, 4) is 17.2 Å². The van der Waals surface area contributed by atoms with E-state index in [1.54, 1.807) is 36.4 Å². The van der Waals surface area contributed by atoms with Gasteiger partial charge in [0, 0.05) is 77.9 Å². The third kappa shape index (κ3) is 13.6. The average Bonchev–Trinajstić information content (AvgIpc) is 3.19. The van der Waals surface area contributed by atoms with Crippen LogP contribution in [0.2, 0.25) is 0 Å². The summed E-state index contributed by atoms with van der Waals surface area (Å²) in [6.45, 7) is 12.4. The van der Waals surface area contributed by atoms with Gasteiger partial charge in [0.05, 0.1) is 24.1 Å². The topological polar surface area (TPSA) is 83.1 Å². The number of piperazine rings is 2. The van der Waals surface area contributed by atoms with Gasteiger partial charge in [-0.3, -0.25) is 18.6 Å². The van der Waals surface area contributed by atoms with E-state index in [2.05, 4.69) is 27.0 Å². The Labute approximate surface area is 316 Å². The second-order valence-corrected chi connectivity index (χ2v) is 14.5. The SMILES string of the molecule is C=C/C(=C\C(=C/COc1ccc(S(=O)(=O)c2ccc(Oc3cc(CN4CCNCC4)cc(C(C)(F)F)c3)cc2)cc1)CF)CN1CCNCC1.CF.CF. The first-order valence-electron chi connectivity index (χ1n) is 17.5. The van der Waals surface area contributed by atoms with Gasteiger partial charge in [-0.1, -0.05) is 18.7 Å². The van der Waals surface area contributed by atoms with Crippen LogP contribution in [0.25, 0.3) is 0 Å². The molecule has 8 nitrogen and oxygen atoms in total. The molecule has 2 N–H and O–H groups in total. The van der Waals surface area contributed by atoms with Crippen LogP contribution >= 0.6 is 0 Å². The summed E-state index contributed by atoms with van der Waals surface area (Å²) in [6, 6.07) is 16.4. The van der Waals surface area contributed by atoms with Crippen molar-refractivity contribution in [1.82, 2.24) is 20.4 Å². The Kier molecular flexibility index (Phi) is 18.3. The maximum Gasteiger partial charge on any atom is 0.270 e. The summed E-state index contributed by atoms with van der Waals surface area (Å²) in [5, 5.41) is 6.60. The van der Waals surface area contributed by atoms with E-state index < -0.39 is 22.4 Å². The first kappa shape index (κ1) is 44.3. The van der Waals surface area contributed by atoms with Crippen molar-refractivity contribution < 1.29 is 39.8 Å². The Hall–Kier alpha value is -4.08. The zero-order chi connectivity index (χ0) is 39.6. The summed E-state index contributed by atoms with van der Waals surface area (Å²) in [6.07, 6.45) is 5.19. The van der Waals surface area contributed by atoms with Gasteiger partial charge in [0.1, 0.15) is 30.5 Å². The highest BCUT2D eigenvalue weighted by Gasteiger charge is 2.26. The highest BCUT2D eigenvalue weighted by Crippen LogP contribution is 2.34. The van der Waals surface area contributed by atoms with Crippen molar-refractivity contribution in [3.63, 3.8) is 0 Å². The highest BCUT2D eigenvalue weighted by atomic mass is 32.2. The molecular weight excluding hydrogens is 728 g/mol. The number of ether oxygens (including phenoxy) is 2. The second-order valence-electron chi connectivity index (χ2n) is 12.5. The predicted octanol–water partition coefficient (Wildman–Crippen LogP) is 7.29. The molecule has 0 aliphatic carbocycles. The molecule has 2 heterocycles. The molecule has 0 bridgehead atoms. The fourth-order valence-corrected chi connectivity index (χ4v) is 7.06. The zero-order valence-corrected chi connectivity index (χ0v) is 31.9. The predicted molar refractivity (Wildman–Crippen MR) is 204 cm³/mol. The van der Waals surface area contributed by atoms with Crippen molar-refractivity contribution in [1.29, 1.82) is 0 Å². The van der Waals surface area contributed by atoms with Crippen LogP contribution in [0.1, 0.15) is 18.1 Å². The van der Waals surface area contributed by atoms with Crippen molar-refractivity contribution in [2.24, 2.45) is 0 Å². The maximum absolute atomic E-state index is 14.4. The Morgan fingerprint density at radius 3 is 1.85 bits per heavy atom. The van der Waals surface area contributed by atoms with Gasteiger partial charge in [-0.05, 0) is 89.5 Å². The lowest BCUT2D eigenvalue weighted by atomic mass is 10.0. The first-order chi connectivity index (χ1) is 26.0. The highest BCUT2D eigenvalue weighted by molar-refractivity contribution is 7.91. The fourth-order valence-electron chi connectivity index (χ4n) is 5.80. The van der Waals surface area contributed by atoms with Crippen LogP contribution in [-0.4, -0.2) is 105 Å². The van der Waals surface area contributed by atoms with E-state index in [-0.39, 0.29) is 27.7 Å². The lowest BCUT2D eigenvalue weighted by Gasteiger charge is -2.27. The van der Waals surface area contributed by atoms with Gasteiger partial charge < -0.3 is 20.1 Å². The van der Waals surface area contributed by atoms with E-state index in [9.17, 15) is 30.4 Å². The van der Waals surface area contributed by atoms with Gasteiger partial charge in [0.15, 0.2) is 0 Å². The van der Waals surface area contributed by atoms with E-state index in [4.69, 9.17) is 9.47 Å². The van der Waals surface area contributed by atoms with Gasteiger partial charge in [-0.15, -0.1) is 0 Å². The van der Waals surface area contributed by atoms with Gasteiger partial charge in [-0.25, -0.2) is 21.6 Å². The number of sulfone groups is 1. The van der Waals surface area contributed by atoms with Crippen LogP contribution in [0.15, 0.2) is 112 Å². The lowest BCUT2D eigenvalue weighted by Crippen LogP contribution is -2.44. The molecule has 14 heteroatoms. The number of hydrogen-bond acceptors (Lipinski definition) is 8. The Morgan fingerprint density at radius 1 is 0.796 bits per heavy atom. The summed E-state index contributed by atoms with van der Waals surface area (Å²) in [5.74, 6) is -2.05. The van der Waals surface area contributed by atoms with E-state index >= 15 is 0 Å². The molecule has 2 fully saturated rings. The van der Waals surface area contributed by atoms with Crippen LogP contribution in [0.5, 0.6) is 17.2 Å². The minimum absolute atomic E-state index is 0.0490. The molecule has 0 spiro atoms. The van der Waals surface area contributed by atoms with Crippen molar-refractivity contribution in [2.75, 3.05) is 86.5 Å². The minimum atomic E-state index is -3.87. The minimum Gasteiger partial charge on any atom is -0.490 e. The van der Waals surface area contributed by atoms with E-state index in [1.807, 2.05) is 0 Å². The molecule has 0 atom stereocenters. The van der Waals surface area contributed by atoms with Gasteiger partial charge in [-0.2, -0.15) is 0 Å². The molecule has 54 heavy (non-hydrogen) atoms. The molecule has 5 rings (SSSR count). The summed E-state index contributed by atoms with van der Waals surface area (Å²) >= 11 is 0. The van der Waals surface area contributed by atoms with Crippen LogP contribution in [0.3, 0.4) is 0 Å². The molecule has 2 saturated heterocycles. The quantitative estimate of drug-likeness (QED) is 0.123. The number of benzene rings is 3. The lowest BCUT2D eigenvalue weighted by molar-refractivity contribution is 0.0171. The number of allylic oxidation sites excluding steroid dienone is 2. The molecule has 0 unspecified atom stereocenters. The largest absolute Gasteiger partial charge is 0.490 e. The molecule has 2 aliphatic heterocycles. The molecule has 296 valence electrons. The fraction of sp³-hybridized carbons (Fsp3) is 0.400. The number of halogens is 5. The second kappa shape index (κ2) is 22.3. The Bertz CT molecular complexity index is 1750. The Morgan fingerprint density at radius 2 is 1.33 bits per heavy atom. The molecule has 0 amide bonds. The van der Waals surface area contributed by atoms with Gasteiger partial charge in [0.25, 0.3) is 5.92 Å². The number of alkyl halides is 5. The molecule has 3 aromatic carbocycles. The van der Waals surface area contributed by atoms with E-state index in [0.29, 0.717) is 50.1 Å². The molecule has 0 saturated carbocycles. The van der Waals surface area contributed by atoms with Crippen LogP contribution in [0, 0.1) is 0 Å². The van der Waals surface area contributed by atoms with Gasteiger partial charge in [0.2, 0.25) is 9.84 Å². The smallest absolute Gasteiger partial charge is 0.270 e. The summed E-state index contributed by atoms with van der Waals surface area (Å²) < 4.78 is 99.9. The number of rotatable bonds is 15. The molecule has 3 aromatic rings. The average molecular weight is 779 g/mol. The number of hydrogen-bond donors (Lipinski definition) is 2. The monoisotopic (exact) mass is 778 g/mol. The molecule has 2 aliphatic rings. The van der Waals surface area contributed by atoms with Crippen LogP contribution < -0.4 is 20.1 Å². The van der Waals surface area contributed by atoms with Crippen LogP contribution in [-0.2, 0) is 22.3 Å². The maximum atomic E-state index is 14.4. The van der Waals surface area contributed by atoms with Crippen molar-refractivity contribution in [2.45, 2.75) is 29.2 Å². The van der Waals surface area contributed by atoms with Crippen molar-refractivity contribution >= 4 is 9.84 Å². The summed E-state index contributed by atoms with van der Waals surface area (Å²) in [4.78, 5) is 4.60. The third-order valence-corrected chi connectivity index (χ3v) is 10.4. The first-order valence-corrected chi connectivity index (χ1v) is 19.0. The summed E-state index contributed by atoms with van der Waals surface area (Å²) in [7, 11) is -2.87. The van der Waals surface area contributed by atoms with E-state index in [0.717, 1.165) is 64.9 Å². The molecule has 0 radical (unpaired) electrons. The van der Waals surface area contributed by atoms with E-state index in [1.165, 1.54) is 48.5 Å². The standard InChI is InChI=1S/C38H45F3N4O4S.2CH3F/c1-3-29(27-44-17-13-42-14-18-44)22-30(26-39)12-21-48-33-4-8-36(9-5-33)50(46,47)37-10-6-34(7-11-37)49-35-24-31(23-32(25-35)38(2,40)41)28-45-19-15-43-16-20-45;2*1-2/h3-12,22-25,42-43H,1,13-21,26-28H2,2H3;2*1H3/b29-22+,30-12+;;. The number of nitrogens with one attached hydrogen (secondary N) is 2. The van der Waals surface area contributed by atoms with Crippen molar-refractivity contribution in [3.05, 3.63) is 114 Å². The van der Waals surface area contributed by atoms with Crippen LogP contribution in [0.4, 0.5) is 22.0 Å². The molecular formula is C40H51F5N4O4S. The number of nitrogens with zero attached hydrogens (tertiary/aromatic N) is 2. The normalized spacial score (nSPS) is 16.0. The zero-order valence-electron chi connectivity index (χ0n) is 31.1.